The maximum Gasteiger partial charge on any atom is 0.304 e. The first kappa shape index (κ1) is 16.0. The summed E-state index contributed by atoms with van der Waals surface area (Å²) in [5.74, 6) is -3.39. The maximum atomic E-state index is 13.5. The smallest absolute Gasteiger partial charge is 0.304 e. The predicted molar refractivity (Wildman–Crippen MR) is 66.1 cm³/mol. The van der Waals surface area contributed by atoms with E-state index in [1.54, 1.807) is 0 Å². The van der Waals surface area contributed by atoms with Crippen LogP contribution in [-0.2, 0) is 14.8 Å². The normalized spacial score (nSPS) is 13.3. The van der Waals surface area contributed by atoms with Crippen molar-refractivity contribution in [2.24, 2.45) is 0 Å². The van der Waals surface area contributed by atoms with E-state index in [1.165, 1.54) is 6.92 Å². The van der Waals surface area contributed by atoms with Crippen LogP contribution in [0.3, 0.4) is 0 Å². The van der Waals surface area contributed by atoms with Crippen molar-refractivity contribution in [3.63, 3.8) is 0 Å². The Morgan fingerprint density at radius 2 is 2.05 bits per heavy atom. The predicted octanol–water partition coefficient (Wildman–Crippen LogP) is 1.87. The third-order valence-electron chi connectivity index (χ3n) is 2.07. The highest BCUT2D eigenvalue weighted by Crippen LogP contribution is 2.26. The molecule has 0 saturated heterocycles. The van der Waals surface area contributed by atoms with Crippen molar-refractivity contribution >= 4 is 31.9 Å². The molecular formula is C10H10BrF2NO4S. The topological polar surface area (TPSA) is 83.5 Å². The van der Waals surface area contributed by atoms with E-state index < -0.39 is 45.0 Å². The van der Waals surface area contributed by atoms with Gasteiger partial charge in [0.25, 0.3) is 0 Å². The molecular weight excluding hydrogens is 348 g/mol. The molecule has 1 aromatic carbocycles. The molecule has 0 aromatic heterocycles. The van der Waals surface area contributed by atoms with Crippen LogP contribution in [0.4, 0.5) is 8.78 Å². The number of sulfonamides is 1. The number of aliphatic carboxylic acids is 1. The van der Waals surface area contributed by atoms with Crippen LogP contribution in [0, 0.1) is 11.6 Å². The lowest BCUT2D eigenvalue weighted by molar-refractivity contribution is -0.137. The largest absolute Gasteiger partial charge is 0.481 e. The number of hydrogen-bond donors (Lipinski definition) is 2. The van der Waals surface area contributed by atoms with Crippen molar-refractivity contribution in [1.82, 2.24) is 4.72 Å². The van der Waals surface area contributed by atoms with Crippen LogP contribution in [0.15, 0.2) is 21.5 Å². The van der Waals surface area contributed by atoms with Gasteiger partial charge in [0, 0.05) is 16.6 Å². The fourth-order valence-corrected chi connectivity index (χ4v) is 3.82. The third-order valence-corrected chi connectivity index (χ3v) is 4.62. The van der Waals surface area contributed by atoms with E-state index >= 15 is 0 Å². The molecule has 1 atom stereocenters. The highest BCUT2D eigenvalue weighted by Gasteiger charge is 2.25. The van der Waals surface area contributed by atoms with Crippen molar-refractivity contribution in [3.05, 3.63) is 28.2 Å². The van der Waals surface area contributed by atoms with Gasteiger partial charge in [0.2, 0.25) is 10.0 Å². The van der Waals surface area contributed by atoms with E-state index in [9.17, 15) is 22.0 Å². The molecule has 0 aliphatic rings. The molecule has 9 heteroatoms. The van der Waals surface area contributed by atoms with E-state index in [4.69, 9.17) is 5.11 Å². The standard InChI is InChI=1S/C10H10BrF2NO4S/c1-5(2-9(15)16)14-19(17,18)10-7(11)3-6(12)4-8(10)13/h3-5,14H,2H2,1H3,(H,15,16). The first-order valence-corrected chi connectivity index (χ1v) is 7.29. The second kappa shape index (κ2) is 5.93. The van der Waals surface area contributed by atoms with Crippen LogP contribution < -0.4 is 4.72 Å². The summed E-state index contributed by atoms with van der Waals surface area (Å²) >= 11 is 2.76. The summed E-state index contributed by atoms with van der Waals surface area (Å²) in [6.45, 7) is 1.32. The second-order valence-electron chi connectivity index (χ2n) is 3.82. The monoisotopic (exact) mass is 357 g/mol. The minimum Gasteiger partial charge on any atom is -0.481 e. The Bertz CT molecular complexity index is 583. The van der Waals surface area contributed by atoms with Crippen LogP contribution in [-0.4, -0.2) is 25.5 Å². The van der Waals surface area contributed by atoms with Gasteiger partial charge >= 0.3 is 5.97 Å². The van der Waals surface area contributed by atoms with Crippen molar-refractivity contribution in [3.8, 4) is 0 Å². The zero-order valence-electron chi connectivity index (χ0n) is 9.65. The van der Waals surface area contributed by atoms with Crippen LogP contribution in [0.25, 0.3) is 0 Å². The van der Waals surface area contributed by atoms with Gasteiger partial charge in [0.15, 0.2) is 0 Å². The fourth-order valence-electron chi connectivity index (χ4n) is 1.41. The summed E-state index contributed by atoms with van der Waals surface area (Å²) in [7, 11) is -4.29. The van der Waals surface area contributed by atoms with Gasteiger partial charge in [-0.3, -0.25) is 4.79 Å². The van der Waals surface area contributed by atoms with Gasteiger partial charge in [-0.05, 0) is 28.9 Å². The van der Waals surface area contributed by atoms with Gasteiger partial charge in [0.05, 0.1) is 6.42 Å². The average molecular weight is 358 g/mol. The number of benzene rings is 1. The van der Waals surface area contributed by atoms with Gasteiger partial charge in [-0.15, -0.1) is 0 Å². The molecule has 0 fully saturated rings. The molecule has 0 heterocycles. The minimum absolute atomic E-state index is 0.278. The number of carboxylic acids is 1. The molecule has 0 amide bonds. The number of nitrogens with one attached hydrogen (secondary N) is 1. The summed E-state index contributed by atoms with van der Waals surface area (Å²) in [6.07, 6.45) is -0.459. The lowest BCUT2D eigenvalue weighted by Crippen LogP contribution is -2.34. The summed E-state index contributed by atoms with van der Waals surface area (Å²) in [6, 6.07) is 0.305. The van der Waals surface area contributed by atoms with Crippen LogP contribution in [0.1, 0.15) is 13.3 Å². The molecule has 106 valence electrons. The van der Waals surface area contributed by atoms with E-state index in [0.29, 0.717) is 6.07 Å². The molecule has 1 rings (SSSR count). The number of hydrogen-bond acceptors (Lipinski definition) is 3. The zero-order valence-corrected chi connectivity index (χ0v) is 12.1. The average Bonchev–Trinajstić information content (AvgIpc) is 2.10. The quantitative estimate of drug-likeness (QED) is 0.842. The van der Waals surface area contributed by atoms with E-state index in [1.807, 2.05) is 4.72 Å². The van der Waals surface area contributed by atoms with Crippen molar-refractivity contribution < 1.29 is 27.1 Å². The Kier molecular flexibility index (Phi) is 4.99. The summed E-state index contributed by atoms with van der Waals surface area (Å²) in [5.41, 5.74) is 0. The fraction of sp³-hybridized carbons (Fsp3) is 0.300. The van der Waals surface area contributed by atoms with Crippen molar-refractivity contribution in [1.29, 1.82) is 0 Å². The first-order valence-electron chi connectivity index (χ1n) is 5.02. The lowest BCUT2D eigenvalue weighted by Gasteiger charge is -2.13. The number of carbonyl (C=O) groups is 1. The van der Waals surface area contributed by atoms with Crippen LogP contribution in [0.2, 0.25) is 0 Å². The maximum absolute atomic E-state index is 13.5. The summed E-state index contributed by atoms with van der Waals surface area (Å²) < 4.78 is 51.9. The number of carboxylic acid groups (broad SMARTS) is 1. The molecule has 0 aliphatic heterocycles. The van der Waals surface area contributed by atoms with Crippen LogP contribution >= 0.6 is 15.9 Å². The lowest BCUT2D eigenvalue weighted by atomic mass is 10.3. The molecule has 19 heavy (non-hydrogen) atoms. The molecule has 1 aromatic rings. The Hall–Kier alpha value is -1.06. The highest BCUT2D eigenvalue weighted by atomic mass is 79.9. The van der Waals surface area contributed by atoms with Crippen LogP contribution in [0.5, 0.6) is 0 Å². The van der Waals surface area contributed by atoms with Gasteiger partial charge in [-0.1, -0.05) is 0 Å². The summed E-state index contributed by atoms with van der Waals surface area (Å²) in [5, 5.41) is 8.53. The summed E-state index contributed by atoms with van der Waals surface area (Å²) in [4.78, 5) is 9.68. The van der Waals surface area contributed by atoms with E-state index in [2.05, 4.69) is 15.9 Å². The van der Waals surface area contributed by atoms with Gasteiger partial charge < -0.3 is 5.11 Å². The Morgan fingerprint density at radius 1 is 1.47 bits per heavy atom. The van der Waals surface area contributed by atoms with Crippen molar-refractivity contribution in [2.75, 3.05) is 0 Å². The Balaban J connectivity index is 3.11. The van der Waals surface area contributed by atoms with E-state index in [-0.39, 0.29) is 4.47 Å². The number of rotatable bonds is 5. The second-order valence-corrected chi connectivity index (χ2v) is 6.32. The van der Waals surface area contributed by atoms with Gasteiger partial charge in [0.1, 0.15) is 16.5 Å². The Morgan fingerprint density at radius 3 is 2.53 bits per heavy atom. The Labute approximate surface area is 116 Å². The molecule has 1 unspecified atom stereocenters. The van der Waals surface area contributed by atoms with Gasteiger partial charge in [-0.2, -0.15) is 0 Å². The van der Waals surface area contributed by atoms with E-state index in [0.717, 1.165) is 6.07 Å². The molecule has 5 nitrogen and oxygen atoms in total. The molecule has 0 bridgehead atoms. The van der Waals surface area contributed by atoms with Crippen molar-refractivity contribution in [2.45, 2.75) is 24.3 Å². The molecule has 0 aliphatic carbocycles. The highest BCUT2D eigenvalue weighted by molar-refractivity contribution is 9.10. The number of halogens is 3. The first-order chi connectivity index (χ1) is 8.63. The minimum atomic E-state index is -4.29. The molecule has 0 saturated carbocycles. The third kappa shape index (κ3) is 4.22. The molecule has 2 N–H and O–H groups in total. The zero-order chi connectivity index (χ0) is 14.8. The SMILES string of the molecule is CC(CC(=O)O)NS(=O)(=O)c1c(F)cc(F)cc1Br. The van der Waals surface area contributed by atoms with Gasteiger partial charge in [-0.25, -0.2) is 21.9 Å². The molecule has 0 spiro atoms. The molecule has 0 radical (unpaired) electrons.